The van der Waals surface area contributed by atoms with Crippen molar-refractivity contribution < 1.29 is 33.3 Å². The summed E-state index contributed by atoms with van der Waals surface area (Å²) in [5.74, 6) is -0.00133. The van der Waals surface area contributed by atoms with Crippen molar-refractivity contribution in [3.05, 3.63) is 76.1 Å². The molecule has 1 amide bonds. The van der Waals surface area contributed by atoms with Crippen LogP contribution in [-0.2, 0) is 19.0 Å². The van der Waals surface area contributed by atoms with E-state index in [2.05, 4.69) is 5.32 Å². The van der Waals surface area contributed by atoms with Crippen LogP contribution in [0.4, 0.5) is 0 Å². The van der Waals surface area contributed by atoms with Crippen molar-refractivity contribution in [3.8, 4) is 5.75 Å². The number of carbonyl (C=O) groups is 1. The Balaban J connectivity index is 1.39. The zero-order valence-electron chi connectivity index (χ0n) is 18.7. The summed E-state index contributed by atoms with van der Waals surface area (Å²) in [6.07, 6.45) is -4.18. The fourth-order valence-corrected chi connectivity index (χ4v) is 4.37. The maximum absolute atomic E-state index is 11.9. The molecule has 178 valence electrons. The quantitative estimate of drug-likeness (QED) is 0.561. The second kappa shape index (κ2) is 9.19. The number of carbonyl (C=O) groups excluding carboxylic acids is 1. The molecule has 9 heteroatoms. The minimum Gasteiger partial charge on any atom is -0.462 e. The third kappa shape index (κ3) is 4.43. The summed E-state index contributed by atoms with van der Waals surface area (Å²) >= 11 is 0. The number of fused-ring (bicyclic) bond motifs is 2. The van der Waals surface area contributed by atoms with Gasteiger partial charge in [0, 0.05) is 30.0 Å². The molecule has 2 aliphatic rings. The lowest BCUT2D eigenvalue weighted by molar-refractivity contribution is -0.333. The van der Waals surface area contributed by atoms with Crippen LogP contribution in [0.3, 0.4) is 0 Å². The van der Waals surface area contributed by atoms with Gasteiger partial charge >= 0.3 is 5.63 Å². The molecule has 0 aliphatic carbocycles. The van der Waals surface area contributed by atoms with Gasteiger partial charge in [-0.1, -0.05) is 30.3 Å². The molecule has 0 bridgehead atoms. The van der Waals surface area contributed by atoms with Gasteiger partial charge in [0.05, 0.1) is 6.61 Å². The molecule has 0 saturated carbocycles. The maximum atomic E-state index is 11.9. The van der Waals surface area contributed by atoms with Crippen LogP contribution < -0.4 is 15.7 Å². The lowest BCUT2D eigenvalue weighted by Crippen LogP contribution is -2.67. The summed E-state index contributed by atoms with van der Waals surface area (Å²) in [5, 5.41) is 14.6. The molecule has 1 unspecified atom stereocenters. The van der Waals surface area contributed by atoms with E-state index in [-0.39, 0.29) is 12.5 Å². The molecule has 0 spiro atoms. The highest BCUT2D eigenvalue weighted by Crippen LogP contribution is 2.35. The summed E-state index contributed by atoms with van der Waals surface area (Å²) in [6, 6.07) is 15.0. The summed E-state index contributed by atoms with van der Waals surface area (Å²) in [4.78, 5) is 23.7. The van der Waals surface area contributed by atoms with E-state index in [0.717, 1.165) is 16.5 Å². The number of aryl methyl sites for hydroxylation is 1. The van der Waals surface area contributed by atoms with Crippen molar-refractivity contribution in [1.29, 1.82) is 0 Å². The molecular weight excluding hydrogens is 442 g/mol. The Morgan fingerprint density at radius 1 is 1.12 bits per heavy atom. The van der Waals surface area contributed by atoms with Gasteiger partial charge in [-0.2, -0.15) is 0 Å². The molecule has 3 heterocycles. The molecule has 3 aromatic rings. The number of rotatable bonds is 4. The number of nitrogens with one attached hydrogen (secondary N) is 1. The summed E-state index contributed by atoms with van der Waals surface area (Å²) in [7, 11) is 0. The van der Waals surface area contributed by atoms with Crippen LogP contribution in [0.1, 0.15) is 24.3 Å². The fourth-order valence-electron chi connectivity index (χ4n) is 4.37. The fraction of sp³-hybridized carbons (Fsp3) is 0.360. The van der Waals surface area contributed by atoms with Gasteiger partial charge in [-0.05, 0) is 24.6 Å². The second-order valence-corrected chi connectivity index (χ2v) is 8.46. The SMILES string of the molecule is CC(=O)N[C@@H]1[C@@H](Oc2ccc3c(C)cc(=O)oc3c2)O[C@H]2COC(c3ccccc3)O[C@@H]2[C@H]1O. The molecule has 2 N–H and O–H groups in total. The average Bonchev–Trinajstić information content (AvgIpc) is 2.81. The molecule has 34 heavy (non-hydrogen) atoms. The number of amides is 1. The van der Waals surface area contributed by atoms with Crippen molar-refractivity contribution >= 4 is 16.9 Å². The lowest BCUT2D eigenvalue weighted by atomic mass is 9.95. The molecule has 1 aromatic heterocycles. The van der Waals surface area contributed by atoms with Crippen LogP contribution in [0, 0.1) is 6.92 Å². The van der Waals surface area contributed by atoms with E-state index in [1.54, 1.807) is 18.2 Å². The first-order valence-corrected chi connectivity index (χ1v) is 11.0. The van der Waals surface area contributed by atoms with Gasteiger partial charge in [-0.25, -0.2) is 4.79 Å². The number of aliphatic hydroxyl groups is 1. The Morgan fingerprint density at radius 3 is 2.68 bits per heavy atom. The number of aliphatic hydroxyl groups excluding tert-OH is 1. The Hall–Kier alpha value is -3.24. The van der Waals surface area contributed by atoms with Crippen LogP contribution in [-0.4, -0.2) is 48.3 Å². The van der Waals surface area contributed by atoms with Crippen molar-refractivity contribution in [1.82, 2.24) is 5.32 Å². The molecule has 2 aliphatic heterocycles. The average molecular weight is 467 g/mol. The van der Waals surface area contributed by atoms with Crippen molar-refractivity contribution in [2.45, 2.75) is 50.8 Å². The standard InChI is InChI=1S/C25H25NO8/c1-13-10-20(28)32-18-11-16(8-9-17(13)18)31-25-21(26-14(2)27)22(29)23-19(33-25)12-30-24(34-23)15-6-4-3-5-7-15/h3-11,19,21-25,29H,12H2,1-2H3,(H,26,27)/t19-,21-,22-,23-,24?,25-/m0/s1. The monoisotopic (exact) mass is 467 g/mol. The normalized spacial score (nSPS) is 28.8. The van der Waals surface area contributed by atoms with Crippen molar-refractivity contribution in [2.75, 3.05) is 6.61 Å². The zero-order valence-corrected chi connectivity index (χ0v) is 18.7. The van der Waals surface area contributed by atoms with Gasteiger partial charge in [0.1, 0.15) is 35.7 Å². The van der Waals surface area contributed by atoms with Gasteiger partial charge in [0.15, 0.2) is 6.29 Å². The molecule has 5 rings (SSSR count). The zero-order chi connectivity index (χ0) is 23.8. The van der Waals surface area contributed by atoms with Crippen LogP contribution in [0.2, 0.25) is 0 Å². The highest BCUT2D eigenvalue weighted by Gasteiger charge is 2.50. The summed E-state index contributed by atoms with van der Waals surface area (Å²) in [6.45, 7) is 3.33. The first-order valence-electron chi connectivity index (χ1n) is 11.0. The Labute approximate surface area is 195 Å². The molecule has 2 aromatic carbocycles. The second-order valence-electron chi connectivity index (χ2n) is 8.46. The summed E-state index contributed by atoms with van der Waals surface area (Å²) < 4.78 is 29.2. The Kier molecular flexibility index (Phi) is 6.09. The van der Waals surface area contributed by atoms with Crippen LogP contribution in [0.5, 0.6) is 5.75 Å². The first kappa shape index (κ1) is 22.5. The molecule has 2 fully saturated rings. The minimum atomic E-state index is -1.12. The molecular formula is C25H25NO8. The van der Waals surface area contributed by atoms with Gasteiger partial charge < -0.3 is 33.8 Å². The smallest absolute Gasteiger partial charge is 0.336 e. The van der Waals surface area contributed by atoms with E-state index in [9.17, 15) is 14.7 Å². The number of ether oxygens (including phenoxy) is 4. The largest absolute Gasteiger partial charge is 0.462 e. The van der Waals surface area contributed by atoms with Crippen LogP contribution >= 0.6 is 0 Å². The molecule has 2 saturated heterocycles. The highest BCUT2D eigenvalue weighted by molar-refractivity contribution is 5.81. The molecule has 6 atom stereocenters. The van der Waals surface area contributed by atoms with Crippen molar-refractivity contribution in [3.63, 3.8) is 0 Å². The molecule has 9 nitrogen and oxygen atoms in total. The predicted molar refractivity (Wildman–Crippen MR) is 120 cm³/mol. The third-order valence-corrected chi connectivity index (χ3v) is 5.98. The van der Waals surface area contributed by atoms with Crippen molar-refractivity contribution in [2.24, 2.45) is 0 Å². The van der Waals surface area contributed by atoms with E-state index in [4.69, 9.17) is 23.4 Å². The Morgan fingerprint density at radius 2 is 1.91 bits per heavy atom. The minimum absolute atomic E-state index is 0.166. The van der Waals surface area contributed by atoms with Crippen LogP contribution in [0.15, 0.2) is 63.8 Å². The third-order valence-electron chi connectivity index (χ3n) is 5.98. The maximum Gasteiger partial charge on any atom is 0.336 e. The van der Waals surface area contributed by atoms with Gasteiger partial charge in [-0.15, -0.1) is 0 Å². The summed E-state index contributed by atoms with van der Waals surface area (Å²) in [5.41, 5.74) is 1.50. The topological polar surface area (TPSA) is 116 Å². The van der Waals surface area contributed by atoms with Gasteiger partial charge in [-0.3, -0.25) is 4.79 Å². The van der Waals surface area contributed by atoms with Gasteiger partial charge in [0.2, 0.25) is 12.2 Å². The van der Waals surface area contributed by atoms with E-state index in [1.807, 2.05) is 37.3 Å². The van der Waals surface area contributed by atoms with Crippen LogP contribution in [0.25, 0.3) is 11.0 Å². The van der Waals surface area contributed by atoms with E-state index in [0.29, 0.717) is 11.3 Å². The Bertz CT molecular complexity index is 1240. The van der Waals surface area contributed by atoms with E-state index >= 15 is 0 Å². The van der Waals surface area contributed by atoms with E-state index in [1.165, 1.54) is 13.0 Å². The van der Waals surface area contributed by atoms with E-state index < -0.39 is 42.6 Å². The van der Waals surface area contributed by atoms with Gasteiger partial charge in [0.25, 0.3) is 0 Å². The first-order chi connectivity index (χ1) is 16.4. The highest BCUT2D eigenvalue weighted by atomic mass is 16.7. The molecule has 0 radical (unpaired) electrons. The number of benzene rings is 2. The predicted octanol–water partition coefficient (Wildman–Crippen LogP) is 2.18. The number of hydrogen-bond acceptors (Lipinski definition) is 8. The lowest BCUT2D eigenvalue weighted by Gasteiger charge is -2.47. The number of hydrogen-bond donors (Lipinski definition) is 2.